The second kappa shape index (κ2) is 42.3. The molecule has 3 fully saturated rings. The summed E-state index contributed by atoms with van der Waals surface area (Å²) in [5.74, 6) is -4.97. The minimum Gasteiger partial charge on any atom is -0.493 e. The molecular weight excluding hydrogens is 2030 g/mol. The summed E-state index contributed by atoms with van der Waals surface area (Å²) in [7, 11) is -11.1. The normalized spacial score (nSPS) is 15.5. The van der Waals surface area contributed by atoms with E-state index in [4.69, 9.17) is 28.3 Å². The third-order valence-corrected chi connectivity index (χ3v) is 31.4. The molecule has 1 saturated carbocycles. The van der Waals surface area contributed by atoms with Crippen molar-refractivity contribution in [2.45, 2.75) is 144 Å². The number of aryl methyl sites for hydroxylation is 4. The van der Waals surface area contributed by atoms with Gasteiger partial charge in [0, 0.05) is 78.1 Å². The Morgan fingerprint density at radius 2 is 0.931 bits per heavy atom. The van der Waals surface area contributed by atoms with Gasteiger partial charge < -0.3 is 63.7 Å². The number of likely N-dealkylation sites (tertiary alicyclic amines) is 1. The number of carbonyl (C=O) groups is 1. The number of benzene rings is 4. The predicted molar refractivity (Wildman–Crippen MR) is 528 cm³/mol. The lowest BCUT2D eigenvalue weighted by Crippen LogP contribution is -2.47. The number of carbonyl (C=O) groups excluding carboxylic acids is 1. The van der Waals surface area contributed by atoms with Gasteiger partial charge >= 0.3 is 13.1 Å². The minimum absolute atomic E-state index is 0. The Bertz CT molecular complexity index is 8330. The van der Waals surface area contributed by atoms with E-state index in [-0.39, 0.29) is 125 Å². The summed E-state index contributed by atoms with van der Waals surface area (Å²) < 4.78 is 250. The molecule has 3 aliphatic rings. The first-order valence-electron chi connectivity index (χ1n) is 43.7. The topological polar surface area (TPSA) is 431 Å². The van der Waals surface area contributed by atoms with Gasteiger partial charge in [0.25, 0.3) is 40.1 Å². The molecule has 1 unspecified atom stereocenters. The lowest BCUT2D eigenvalue weighted by atomic mass is 9.79. The SMILES string of the molecule is C.COc1c(F)cnc2[nH]cc(-c3ncc(F)c(NC4CCC[C@@H](NC(=O)N5CC[C@@H](F)C5)C4)n3)c12.COc1c(F)cnc2c1c(B1OC(C)(C)C(C)(C)O1)cn2S(=O)(=O)c1ccc(C)cc1.COc1c(F)cnc2c1c(Br)cn2S(=O)(=O)c1ccc(C)cc1.COc1c(F)cnc2c1ccn2S(=O)(=O)c1ccc(C)cc1.Cc1ccc(S(=O)(=O)n2ccc3c(=O)c(F)c[nH]c32)cc1.O=c1c(F)c[nH]c2[nH]ccc12. The quantitative estimate of drug-likeness (QED) is 0.0364. The number of rotatable bonds is 17. The molecule has 2 amide bonds. The van der Waals surface area contributed by atoms with Crippen molar-refractivity contribution in [3.63, 3.8) is 0 Å². The van der Waals surface area contributed by atoms with Gasteiger partial charge in [0.15, 0.2) is 92.3 Å². The number of fused-ring (bicyclic) bond motifs is 6. The number of nitrogens with one attached hydrogen (secondary N) is 6. The molecule has 2 saturated heterocycles. The van der Waals surface area contributed by atoms with Crippen molar-refractivity contribution in [3.8, 4) is 34.4 Å². The number of ether oxygens (including phenoxy) is 4. The van der Waals surface area contributed by atoms with Crippen LogP contribution in [0.2, 0.25) is 0 Å². The van der Waals surface area contributed by atoms with Crippen molar-refractivity contribution in [1.29, 1.82) is 0 Å². The summed E-state index contributed by atoms with van der Waals surface area (Å²) in [4.78, 5) is 72.2. The van der Waals surface area contributed by atoms with Crippen LogP contribution in [0.3, 0.4) is 0 Å². The molecule has 6 N–H and O–H groups in total. The highest BCUT2D eigenvalue weighted by atomic mass is 79.9. The zero-order chi connectivity index (χ0) is 103. The van der Waals surface area contributed by atoms with Crippen LogP contribution >= 0.6 is 15.9 Å². The fourth-order valence-corrected chi connectivity index (χ4v) is 21.9. The zero-order valence-electron chi connectivity index (χ0n) is 78.1. The molecule has 144 heavy (non-hydrogen) atoms. The highest BCUT2D eigenvalue weighted by Crippen LogP contribution is 2.42. The van der Waals surface area contributed by atoms with E-state index >= 15 is 0 Å². The van der Waals surface area contributed by atoms with Crippen LogP contribution < -0.4 is 45.9 Å². The Labute approximate surface area is 828 Å². The van der Waals surface area contributed by atoms with Crippen molar-refractivity contribution in [2.24, 2.45) is 0 Å². The molecule has 34 nitrogen and oxygen atoms in total. The van der Waals surface area contributed by atoms with Gasteiger partial charge in [0.05, 0.1) is 135 Å². The van der Waals surface area contributed by atoms with Crippen LogP contribution in [-0.4, -0.2) is 188 Å². The predicted octanol–water partition coefficient (Wildman–Crippen LogP) is 16.7. The highest BCUT2D eigenvalue weighted by molar-refractivity contribution is 9.10. The van der Waals surface area contributed by atoms with Crippen LogP contribution in [-0.2, 0) is 49.4 Å². The zero-order valence-corrected chi connectivity index (χ0v) is 83.0. The standard InChI is InChI=1S/C23H26F3N7O2.C21H24BFN2O5S.C15H12BrFN2O3S.C15H13FN2O3S.C14H11FN2O3S.C7H5FN2O.CH4/c1-35-19-16(25)9-29-22-18(19)15(8-27-22)20-28-10-17(26)21(32-20)30-13-3-2-4-14(7-13)31-23(34)33-6-5-12(24)11-33;1-13-7-9-14(10-8-13)31(26,27)25-12-15(22-29-20(2,3)21(4,5)30-22)17-18(28-6)16(23)11-24-19(17)25;1-9-3-5-10(6-4-9)23(20,21)19-8-11(16)13-14(22-2)12(17)7-18-15(13)19;1-10-3-5-11(6-4-10)22(19,20)18-8-7-12-14(21-2)13(16)9-17-15(12)18;1-9-2-4-10(5-3-9)21(19,20)17-7-6-11-13(18)12(15)8-16-14(11)17;8-5-3-10-7-4(6(5)11)1-2-9-7;/h8-10,12-14H,2-7,11H2,1H3,(H,27,29)(H,31,34)(H,28,30,32);7-12H,1-6H3;3-8H,1-2H3;3-9H,1-2H3;2-8H,1H3,(H,16,18);1-3H,(H2,9,10,11);1H4/t12-,13?,14-;;;;;;/m1....../s1. The second-order valence-corrected chi connectivity index (χ2v) is 42.3. The average Bonchev–Trinajstić information content (AvgIpc) is 1.55. The summed E-state index contributed by atoms with van der Waals surface area (Å²) in [6.07, 6.45) is 17.7. The van der Waals surface area contributed by atoms with E-state index in [9.17, 15) is 83.2 Å². The van der Waals surface area contributed by atoms with E-state index in [2.05, 4.69) is 76.4 Å². The molecule has 48 heteroatoms. The number of aromatic amines is 4. The van der Waals surface area contributed by atoms with Crippen LogP contribution in [0, 0.1) is 68.4 Å². The Morgan fingerprint density at radius 1 is 0.486 bits per heavy atom. The summed E-state index contributed by atoms with van der Waals surface area (Å²) in [6.45, 7) is 15.5. The average molecular weight is 2130 g/mol. The Hall–Kier alpha value is -14.3. The lowest BCUT2D eigenvalue weighted by Gasteiger charge is -2.32. The molecule has 2 aliphatic heterocycles. The van der Waals surface area contributed by atoms with E-state index in [0.717, 1.165) is 101 Å². The third kappa shape index (κ3) is 21.1. The summed E-state index contributed by atoms with van der Waals surface area (Å²) >= 11 is 3.25. The van der Waals surface area contributed by atoms with Crippen LogP contribution in [0.4, 0.5) is 45.7 Å². The van der Waals surface area contributed by atoms with Gasteiger partial charge in [-0.05, 0) is 170 Å². The molecule has 17 aromatic rings. The van der Waals surface area contributed by atoms with Crippen LogP contribution in [0.5, 0.6) is 23.0 Å². The number of nitrogens with zero attached hydrogens (tertiary/aromatic N) is 11. The van der Waals surface area contributed by atoms with Crippen molar-refractivity contribution in [3.05, 3.63) is 284 Å². The van der Waals surface area contributed by atoms with Gasteiger partial charge in [-0.25, -0.2) is 119 Å². The van der Waals surface area contributed by atoms with Crippen LogP contribution in [0.1, 0.15) is 89.5 Å². The van der Waals surface area contributed by atoms with E-state index in [1.807, 2.05) is 55.4 Å². The number of halogens is 9. The molecular formula is C96H95BBrF8N17O17S4. The number of amides is 2. The van der Waals surface area contributed by atoms with E-state index in [1.54, 1.807) is 60.9 Å². The molecule has 20 rings (SSSR count). The van der Waals surface area contributed by atoms with Crippen molar-refractivity contribution in [2.75, 3.05) is 46.8 Å². The van der Waals surface area contributed by atoms with Gasteiger partial charge in [-0.3, -0.25) is 9.59 Å². The number of methoxy groups -OCH3 is 4. The minimum atomic E-state index is -4.02. The number of H-pyrrole nitrogens is 4. The molecule has 0 bridgehead atoms. The van der Waals surface area contributed by atoms with Gasteiger partial charge in [-0.1, -0.05) is 78.2 Å². The second-order valence-electron chi connectivity index (χ2n) is 34.2. The summed E-state index contributed by atoms with van der Waals surface area (Å²) in [5.41, 5.74) is 3.01. The largest absolute Gasteiger partial charge is 0.497 e. The van der Waals surface area contributed by atoms with Crippen molar-refractivity contribution in [1.82, 2.24) is 75.9 Å². The molecule has 0 radical (unpaired) electrons. The Kier molecular flexibility index (Phi) is 31.0. The Balaban J connectivity index is 0.000000140. The van der Waals surface area contributed by atoms with Gasteiger partial charge in [0.2, 0.25) is 10.9 Å². The maximum atomic E-state index is 14.6. The Morgan fingerprint density at radius 3 is 1.46 bits per heavy atom. The maximum Gasteiger partial charge on any atom is 0.497 e. The smallest absolute Gasteiger partial charge is 0.493 e. The lowest BCUT2D eigenvalue weighted by molar-refractivity contribution is 0.00578. The number of alkyl halides is 1. The van der Waals surface area contributed by atoms with E-state index < -0.39 is 116 Å². The number of anilines is 1. The molecule has 756 valence electrons. The van der Waals surface area contributed by atoms with E-state index in [1.165, 1.54) is 125 Å². The van der Waals surface area contributed by atoms with Crippen LogP contribution in [0.15, 0.2) is 229 Å². The summed E-state index contributed by atoms with van der Waals surface area (Å²) in [6, 6.07) is 29.5. The first-order chi connectivity index (χ1) is 67.8. The molecule has 13 aromatic heterocycles. The fourth-order valence-electron chi connectivity index (χ4n) is 15.9. The number of pyridine rings is 6. The molecule has 1 aliphatic carbocycles. The van der Waals surface area contributed by atoms with Crippen molar-refractivity contribution >= 4 is 147 Å². The van der Waals surface area contributed by atoms with Gasteiger partial charge in [0.1, 0.15) is 23.1 Å². The number of urea groups is 1. The maximum absolute atomic E-state index is 14.6. The monoisotopic (exact) mass is 2130 g/mol. The van der Waals surface area contributed by atoms with E-state index in [0.29, 0.717) is 62.3 Å². The number of hydrogen-bond donors (Lipinski definition) is 6. The van der Waals surface area contributed by atoms with Gasteiger partial charge in [-0.15, -0.1) is 0 Å². The van der Waals surface area contributed by atoms with Crippen LogP contribution in [0.25, 0.3) is 77.6 Å². The molecule has 4 aromatic carbocycles. The summed E-state index contributed by atoms with van der Waals surface area (Å²) in [5, 5.41) is 7.58. The van der Waals surface area contributed by atoms with Gasteiger partial charge in [-0.2, -0.15) is 0 Å². The third-order valence-electron chi connectivity index (χ3n) is 24.1. The molecule has 3 atom stereocenters. The molecule has 0 spiro atoms. The first-order valence-corrected chi connectivity index (χ1v) is 50.3. The molecule has 15 heterocycles. The fraction of sp³-hybridized carbons (Fsp3) is 0.260. The first kappa shape index (κ1) is 105. The highest BCUT2D eigenvalue weighted by Gasteiger charge is 2.53. The number of aromatic nitrogens is 14. The number of hydrogen-bond acceptors (Lipinski definition) is 24. The van der Waals surface area contributed by atoms with Crippen molar-refractivity contribution < 1.29 is 102 Å².